The van der Waals surface area contributed by atoms with Crippen molar-refractivity contribution in [1.29, 1.82) is 0 Å². The molecule has 1 aromatic rings. The lowest BCUT2D eigenvalue weighted by atomic mass is 10.2. The minimum Gasteiger partial charge on any atom is -0.492 e. The Labute approximate surface area is 118 Å². The maximum absolute atomic E-state index is 11.0. The first-order chi connectivity index (χ1) is 9.78. The summed E-state index contributed by atoms with van der Waals surface area (Å²) >= 11 is 0. The van der Waals surface area contributed by atoms with Gasteiger partial charge < -0.3 is 23.7 Å². The third-order valence-corrected chi connectivity index (χ3v) is 2.52. The van der Waals surface area contributed by atoms with Crippen LogP contribution in [0.4, 0.5) is 0 Å². The summed E-state index contributed by atoms with van der Waals surface area (Å²) in [6.07, 6.45) is 0.709. The SMILES string of the molecule is COCCOc1ccc(C=O)c(OC)c1OCCOC. The van der Waals surface area contributed by atoms with Crippen molar-refractivity contribution in [2.45, 2.75) is 0 Å². The van der Waals surface area contributed by atoms with Crippen molar-refractivity contribution in [2.75, 3.05) is 47.8 Å². The Hall–Kier alpha value is -1.79. The van der Waals surface area contributed by atoms with Crippen molar-refractivity contribution in [3.05, 3.63) is 17.7 Å². The van der Waals surface area contributed by atoms with Gasteiger partial charge in [0.1, 0.15) is 13.2 Å². The number of ether oxygens (including phenoxy) is 5. The fraction of sp³-hybridized carbons (Fsp3) is 0.500. The Morgan fingerprint density at radius 3 is 2.10 bits per heavy atom. The van der Waals surface area contributed by atoms with E-state index in [1.165, 1.54) is 7.11 Å². The Bertz CT molecular complexity index is 418. The monoisotopic (exact) mass is 284 g/mol. The summed E-state index contributed by atoms with van der Waals surface area (Å²) in [6, 6.07) is 3.29. The summed E-state index contributed by atoms with van der Waals surface area (Å²) in [7, 11) is 4.65. The smallest absolute Gasteiger partial charge is 0.204 e. The van der Waals surface area contributed by atoms with E-state index in [9.17, 15) is 4.79 Å². The predicted molar refractivity (Wildman–Crippen MR) is 73.1 cm³/mol. The van der Waals surface area contributed by atoms with Crippen LogP contribution >= 0.6 is 0 Å². The van der Waals surface area contributed by atoms with Gasteiger partial charge in [0, 0.05) is 14.2 Å². The Morgan fingerprint density at radius 1 is 0.900 bits per heavy atom. The Morgan fingerprint density at radius 2 is 1.55 bits per heavy atom. The number of methoxy groups -OCH3 is 3. The molecule has 0 bridgehead atoms. The molecule has 0 aliphatic rings. The summed E-state index contributed by atoms with van der Waals surface area (Å²) in [4.78, 5) is 11.0. The summed E-state index contributed by atoms with van der Waals surface area (Å²) in [5.74, 6) is 1.25. The van der Waals surface area contributed by atoms with E-state index in [0.29, 0.717) is 55.5 Å². The van der Waals surface area contributed by atoms with Crippen molar-refractivity contribution in [2.24, 2.45) is 0 Å². The van der Waals surface area contributed by atoms with Crippen LogP contribution in [0.1, 0.15) is 10.4 Å². The van der Waals surface area contributed by atoms with Gasteiger partial charge in [0.25, 0.3) is 0 Å². The molecule has 0 fully saturated rings. The average Bonchev–Trinajstić information content (AvgIpc) is 2.48. The molecule has 0 heterocycles. The van der Waals surface area contributed by atoms with Gasteiger partial charge in [0.15, 0.2) is 17.8 Å². The molecule has 0 aliphatic heterocycles. The molecule has 1 rings (SSSR count). The number of benzene rings is 1. The maximum atomic E-state index is 11.0. The lowest BCUT2D eigenvalue weighted by Gasteiger charge is -2.16. The van der Waals surface area contributed by atoms with E-state index in [4.69, 9.17) is 23.7 Å². The summed E-state index contributed by atoms with van der Waals surface area (Å²) in [5, 5.41) is 0. The second-order valence-electron chi connectivity index (χ2n) is 3.82. The van der Waals surface area contributed by atoms with Crippen LogP contribution in [0.2, 0.25) is 0 Å². The highest BCUT2D eigenvalue weighted by Gasteiger charge is 2.16. The molecule has 0 saturated heterocycles. The van der Waals surface area contributed by atoms with Gasteiger partial charge in [-0.05, 0) is 12.1 Å². The van der Waals surface area contributed by atoms with E-state index in [2.05, 4.69) is 0 Å². The molecular weight excluding hydrogens is 264 g/mol. The van der Waals surface area contributed by atoms with E-state index in [-0.39, 0.29) is 0 Å². The molecule has 0 amide bonds. The quantitative estimate of drug-likeness (QED) is 0.480. The van der Waals surface area contributed by atoms with Gasteiger partial charge in [-0.2, -0.15) is 0 Å². The molecule has 6 nitrogen and oxygen atoms in total. The van der Waals surface area contributed by atoms with Gasteiger partial charge in [0.2, 0.25) is 5.75 Å². The third-order valence-electron chi connectivity index (χ3n) is 2.52. The molecule has 0 atom stereocenters. The molecule has 20 heavy (non-hydrogen) atoms. The summed E-state index contributed by atoms with van der Waals surface area (Å²) in [6.45, 7) is 1.58. The minimum atomic E-state index is 0.329. The Kier molecular flexibility index (Phi) is 7.46. The van der Waals surface area contributed by atoms with Crippen LogP contribution < -0.4 is 14.2 Å². The lowest BCUT2D eigenvalue weighted by molar-refractivity contribution is 0.111. The molecule has 0 spiro atoms. The van der Waals surface area contributed by atoms with Crippen LogP contribution in [0.15, 0.2) is 12.1 Å². The van der Waals surface area contributed by atoms with E-state index in [0.717, 1.165) is 0 Å². The van der Waals surface area contributed by atoms with Crippen LogP contribution in [-0.4, -0.2) is 54.0 Å². The molecule has 0 unspecified atom stereocenters. The molecular formula is C14H20O6. The first-order valence-electron chi connectivity index (χ1n) is 6.18. The lowest BCUT2D eigenvalue weighted by Crippen LogP contribution is -2.10. The van der Waals surface area contributed by atoms with Crippen LogP contribution in [0.25, 0.3) is 0 Å². The zero-order valence-corrected chi connectivity index (χ0v) is 12.0. The second-order valence-corrected chi connectivity index (χ2v) is 3.82. The fourth-order valence-electron chi connectivity index (χ4n) is 1.58. The summed E-state index contributed by atoms with van der Waals surface area (Å²) < 4.78 is 26.3. The van der Waals surface area contributed by atoms with Gasteiger partial charge in [-0.1, -0.05) is 0 Å². The molecule has 0 saturated carbocycles. The van der Waals surface area contributed by atoms with Gasteiger partial charge in [-0.15, -0.1) is 0 Å². The Balaban J connectivity index is 2.97. The normalized spacial score (nSPS) is 10.2. The first-order valence-corrected chi connectivity index (χ1v) is 6.18. The van der Waals surface area contributed by atoms with Crippen molar-refractivity contribution >= 4 is 6.29 Å². The predicted octanol–water partition coefficient (Wildman–Crippen LogP) is 1.56. The third kappa shape index (κ3) is 4.40. The minimum absolute atomic E-state index is 0.329. The van der Waals surface area contributed by atoms with E-state index in [1.54, 1.807) is 26.4 Å². The van der Waals surface area contributed by atoms with Gasteiger partial charge in [-0.3, -0.25) is 4.79 Å². The van der Waals surface area contributed by atoms with Gasteiger partial charge >= 0.3 is 0 Å². The van der Waals surface area contributed by atoms with E-state index < -0.39 is 0 Å². The van der Waals surface area contributed by atoms with Gasteiger partial charge in [0.05, 0.1) is 25.9 Å². The topological polar surface area (TPSA) is 63.2 Å². The fourth-order valence-corrected chi connectivity index (χ4v) is 1.58. The van der Waals surface area contributed by atoms with Crippen molar-refractivity contribution in [3.8, 4) is 17.2 Å². The van der Waals surface area contributed by atoms with Gasteiger partial charge in [-0.25, -0.2) is 0 Å². The summed E-state index contributed by atoms with van der Waals surface area (Å²) in [5.41, 5.74) is 0.402. The molecule has 6 heteroatoms. The standard InChI is InChI=1S/C14H20O6/c1-16-6-8-19-12-5-4-11(10-15)13(18-3)14(12)20-9-7-17-2/h4-5,10H,6-9H2,1-3H3. The highest BCUT2D eigenvalue weighted by atomic mass is 16.6. The number of hydrogen-bond acceptors (Lipinski definition) is 6. The molecule has 0 aromatic heterocycles. The number of aldehydes is 1. The van der Waals surface area contributed by atoms with E-state index >= 15 is 0 Å². The zero-order chi connectivity index (χ0) is 14.8. The zero-order valence-electron chi connectivity index (χ0n) is 12.0. The number of carbonyl (C=O) groups excluding carboxylic acids is 1. The number of rotatable bonds is 10. The molecule has 0 radical (unpaired) electrons. The largest absolute Gasteiger partial charge is 0.492 e. The number of carbonyl (C=O) groups is 1. The van der Waals surface area contributed by atoms with Crippen LogP contribution in [-0.2, 0) is 9.47 Å². The van der Waals surface area contributed by atoms with E-state index in [1.807, 2.05) is 0 Å². The highest BCUT2D eigenvalue weighted by Crippen LogP contribution is 2.39. The maximum Gasteiger partial charge on any atom is 0.204 e. The highest BCUT2D eigenvalue weighted by molar-refractivity contribution is 5.82. The van der Waals surface area contributed by atoms with Crippen molar-refractivity contribution in [1.82, 2.24) is 0 Å². The van der Waals surface area contributed by atoms with Crippen LogP contribution in [0.3, 0.4) is 0 Å². The van der Waals surface area contributed by atoms with Crippen LogP contribution in [0.5, 0.6) is 17.2 Å². The number of hydrogen-bond donors (Lipinski definition) is 0. The average molecular weight is 284 g/mol. The molecule has 0 aliphatic carbocycles. The second kappa shape index (κ2) is 9.17. The van der Waals surface area contributed by atoms with Crippen LogP contribution in [0, 0.1) is 0 Å². The molecule has 112 valence electrons. The van der Waals surface area contributed by atoms with Crippen molar-refractivity contribution < 1.29 is 28.5 Å². The van der Waals surface area contributed by atoms with Crippen molar-refractivity contribution in [3.63, 3.8) is 0 Å². The molecule has 0 N–H and O–H groups in total. The first kappa shape index (κ1) is 16.3. The molecule has 1 aromatic carbocycles.